The molecule has 0 aliphatic rings. The van der Waals surface area contributed by atoms with Crippen LogP contribution in [0.5, 0.6) is 11.5 Å². The van der Waals surface area contributed by atoms with E-state index in [0.717, 1.165) is 0 Å². The molecule has 3 nitrogen and oxygen atoms in total. The number of ether oxygens (including phenoxy) is 2. The van der Waals surface area contributed by atoms with E-state index >= 15 is 0 Å². The lowest BCUT2D eigenvalue weighted by Crippen LogP contribution is -2.15. The Bertz CT molecular complexity index is 413. The molecule has 0 heterocycles. The van der Waals surface area contributed by atoms with Crippen LogP contribution in [-0.4, -0.2) is 26.2 Å². The van der Waals surface area contributed by atoms with E-state index < -0.39 is 18.4 Å². The van der Waals surface area contributed by atoms with Crippen molar-refractivity contribution in [3.63, 3.8) is 0 Å². The van der Waals surface area contributed by atoms with Gasteiger partial charge in [-0.05, 0) is 12.1 Å². The van der Waals surface area contributed by atoms with Gasteiger partial charge in [0.25, 0.3) is 0 Å². The summed E-state index contributed by atoms with van der Waals surface area (Å²) < 4.78 is 46.0. The number of hydrogen-bond acceptors (Lipinski definition) is 3. The maximum absolute atomic E-state index is 12.1. The summed E-state index contributed by atoms with van der Waals surface area (Å²) in [6.45, 7) is 0. The molecule has 1 rings (SSSR count). The average Bonchev–Trinajstić information content (AvgIpc) is 2.25. The Kier molecular flexibility index (Phi) is 3.98. The van der Waals surface area contributed by atoms with Gasteiger partial charge in [-0.15, -0.1) is 0 Å². The van der Waals surface area contributed by atoms with Crippen molar-refractivity contribution < 1.29 is 27.4 Å². The number of alkyl halides is 3. The summed E-state index contributed by atoms with van der Waals surface area (Å²) in [6, 6.07) is 4.03. The largest absolute Gasteiger partial charge is 0.497 e. The van der Waals surface area contributed by atoms with Crippen molar-refractivity contribution in [2.75, 3.05) is 14.2 Å². The van der Waals surface area contributed by atoms with Crippen LogP contribution in [0.25, 0.3) is 0 Å². The standard InChI is InChI=1S/C11H11F3O3/c1-16-7-3-4-8(10(5-7)17-2)9(15)6-11(12,13)14/h3-5H,6H2,1-2H3. The van der Waals surface area contributed by atoms with Gasteiger partial charge in [0.05, 0.1) is 19.8 Å². The highest BCUT2D eigenvalue weighted by Gasteiger charge is 2.32. The zero-order valence-electron chi connectivity index (χ0n) is 9.30. The molecule has 0 unspecified atom stereocenters. The SMILES string of the molecule is COc1ccc(C(=O)CC(F)(F)F)c(OC)c1. The second-order valence-electron chi connectivity index (χ2n) is 3.28. The second kappa shape index (κ2) is 5.07. The number of carbonyl (C=O) groups is 1. The van der Waals surface area contributed by atoms with E-state index in [1.807, 2.05) is 0 Å². The molecule has 0 atom stereocenters. The first-order valence-electron chi connectivity index (χ1n) is 4.69. The molecule has 0 saturated heterocycles. The number of ketones is 1. The monoisotopic (exact) mass is 248 g/mol. The predicted molar refractivity (Wildman–Crippen MR) is 54.5 cm³/mol. The molecule has 1 aromatic carbocycles. The molecule has 0 fully saturated rings. The number of benzene rings is 1. The van der Waals surface area contributed by atoms with Crippen LogP contribution in [0.1, 0.15) is 16.8 Å². The molecule has 17 heavy (non-hydrogen) atoms. The van der Waals surface area contributed by atoms with Gasteiger partial charge in [-0.25, -0.2) is 0 Å². The van der Waals surface area contributed by atoms with Crippen molar-refractivity contribution in [3.05, 3.63) is 23.8 Å². The molecule has 94 valence electrons. The lowest BCUT2D eigenvalue weighted by molar-refractivity contribution is -0.125. The van der Waals surface area contributed by atoms with Gasteiger partial charge in [0, 0.05) is 6.07 Å². The molecule has 0 saturated carbocycles. The molecule has 0 aliphatic carbocycles. The van der Waals surface area contributed by atoms with Crippen molar-refractivity contribution >= 4 is 5.78 Å². The molecule has 1 aromatic rings. The lowest BCUT2D eigenvalue weighted by atomic mass is 10.1. The van der Waals surface area contributed by atoms with E-state index in [4.69, 9.17) is 9.47 Å². The van der Waals surface area contributed by atoms with E-state index in [2.05, 4.69) is 0 Å². The average molecular weight is 248 g/mol. The topological polar surface area (TPSA) is 35.5 Å². The zero-order valence-corrected chi connectivity index (χ0v) is 9.30. The summed E-state index contributed by atoms with van der Waals surface area (Å²) in [6.07, 6.45) is -6.03. The number of hydrogen-bond donors (Lipinski definition) is 0. The fourth-order valence-electron chi connectivity index (χ4n) is 1.31. The molecule has 0 aliphatic heterocycles. The Balaban J connectivity index is 3.01. The highest BCUT2D eigenvalue weighted by molar-refractivity contribution is 5.99. The second-order valence-corrected chi connectivity index (χ2v) is 3.28. The third-order valence-electron chi connectivity index (χ3n) is 2.07. The van der Waals surface area contributed by atoms with Gasteiger partial charge in [0.2, 0.25) is 0 Å². The Morgan fingerprint density at radius 1 is 1.24 bits per heavy atom. The van der Waals surface area contributed by atoms with Crippen LogP contribution in [-0.2, 0) is 0 Å². The Morgan fingerprint density at radius 2 is 1.88 bits per heavy atom. The van der Waals surface area contributed by atoms with Gasteiger partial charge in [0.15, 0.2) is 5.78 Å². The van der Waals surface area contributed by atoms with Gasteiger partial charge in [-0.1, -0.05) is 0 Å². The van der Waals surface area contributed by atoms with E-state index in [-0.39, 0.29) is 11.3 Å². The van der Waals surface area contributed by atoms with Crippen LogP contribution in [0, 0.1) is 0 Å². The summed E-state index contributed by atoms with van der Waals surface area (Å²) in [5.41, 5.74) is -0.106. The number of carbonyl (C=O) groups excluding carboxylic acids is 1. The molecule has 0 amide bonds. The summed E-state index contributed by atoms with van der Waals surface area (Å²) in [5, 5.41) is 0. The third kappa shape index (κ3) is 3.65. The molecule has 0 N–H and O–H groups in total. The fourth-order valence-corrected chi connectivity index (χ4v) is 1.31. The van der Waals surface area contributed by atoms with Gasteiger partial charge >= 0.3 is 6.18 Å². The minimum absolute atomic E-state index is 0.0681. The predicted octanol–water partition coefficient (Wildman–Crippen LogP) is 2.84. The quantitative estimate of drug-likeness (QED) is 0.768. The van der Waals surface area contributed by atoms with Crippen molar-refractivity contribution in [1.82, 2.24) is 0 Å². The smallest absolute Gasteiger partial charge is 0.396 e. The van der Waals surface area contributed by atoms with Gasteiger partial charge in [-0.2, -0.15) is 13.2 Å². The molecule has 6 heteroatoms. The first-order valence-corrected chi connectivity index (χ1v) is 4.69. The molecule has 0 bridgehead atoms. The highest BCUT2D eigenvalue weighted by atomic mass is 19.4. The highest BCUT2D eigenvalue weighted by Crippen LogP contribution is 2.29. The number of Topliss-reactive ketones (excluding diaryl/α,β-unsaturated/α-hetero) is 1. The summed E-state index contributed by atoms with van der Waals surface area (Å²) in [4.78, 5) is 11.4. The third-order valence-corrected chi connectivity index (χ3v) is 2.07. The van der Waals surface area contributed by atoms with Crippen molar-refractivity contribution in [3.8, 4) is 11.5 Å². The number of rotatable bonds is 4. The molecular formula is C11H11F3O3. The van der Waals surface area contributed by atoms with Gasteiger partial charge < -0.3 is 9.47 Å². The zero-order chi connectivity index (χ0) is 13.1. The van der Waals surface area contributed by atoms with Crippen molar-refractivity contribution in [2.24, 2.45) is 0 Å². The van der Waals surface area contributed by atoms with Crippen LogP contribution in [0.2, 0.25) is 0 Å². The number of methoxy groups -OCH3 is 2. The molecular weight excluding hydrogens is 237 g/mol. The normalized spacial score (nSPS) is 11.1. The van der Waals surface area contributed by atoms with Gasteiger partial charge in [-0.3, -0.25) is 4.79 Å². The van der Waals surface area contributed by atoms with Crippen LogP contribution >= 0.6 is 0 Å². The summed E-state index contributed by atoms with van der Waals surface area (Å²) in [7, 11) is 2.69. The van der Waals surface area contributed by atoms with Crippen LogP contribution in [0.3, 0.4) is 0 Å². The van der Waals surface area contributed by atoms with Crippen molar-refractivity contribution in [2.45, 2.75) is 12.6 Å². The van der Waals surface area contributed by atoms with Crippen LogP contribution in [0.4, 0.5) is 13.2 Å². The van der Waals surface area contributed by atoms with Gasteiger partial charge in [0.1, 0.15) is 17.9 Å². The Hall–Kier alpha value is -1.72. The first-order chi connectivity index (χ1) is 7.87. The molecule has 0 spiro atoms. The minimum atomic E-state index is -4.53. The lowest BCUT2D eigenvalue weighted by Gasteiger charge is -2.10. The fraction of sp³-hybridized carbons (Fsp3) is 0.364. The Labute approximate surface area is 96.1 Å². The van der Waals surface area contributed by atoms with Crippen molar-refractivity contribution in [1.29, 1.82) is 0 Å². The molecule has 0 aromatic heterocycles. The molecule has 0 radical (unpaired) electrons. The Morgan fingerprint density at radius 3 is 2.35 bits per heavy atom. The van der Waals surface area contributed by atoms with E-state index in [0.29, 0.717) is 5.75 Å². The van der Waals surface area contributed by atoms with E-state index in [1.54, 1.807) is 0 Å². The summed E-state index contributed by atoms with van der Waals surface area (Å²) in [5.74, 6) is -0.555. The van der Waals surface area contributed by atoms with E-state index in [1.165, 1.54) is 32.4 Å². The summed E-state index contributed by atoms with van der Waals surface area (Å²) >= 11 is 0. The maximum Gasteiger partial charge on any atom is 0.396 e. The van der Waals surface area contributed by atoms with E-state index in [9.17, 15) is 18.0 Å². The first kappa shape index (κ1) is 13.3. The number of halogens is 3. The van der Waals surface area contributed by atoms with Crippen LogP contribution in [0.15, 0.2) is 18.2 Å². The van der Waals surface area contributed by atoms with Crippen LogP contribution < -0.4 is 9.47 Å². The maximum atomic E-state index is 12.1. The minimum Gasteiger partial charge on any atom is -0.497 e.